The minimum Gasteiger partial charge on any atom is -0.301 e. The van der Waals surface area contributed by atoms with E-state index in [0.717, 1.165) is 25.2 Å². The van der Waals surface area contributed by atoms with Gasteiger partial charge in [-0.1, -0.05) is 36.4 Å². The smallest absolute Gasteiger partial charge is 0.0547 e. The van der Waals surface area contributed by atoms with Crippen LogP contribution in [0.15, 0.2) is 48.5 Å². The van der Waals surface area contributed by atoms with Gasteiger partial charge in [0, 0.05) is 31.4 Å². The van der Waals surface area contributed by atoms with Crippen molar-refractivity contribution in [3.8, 4) is 0 Å². The van der Waals surface area contributed by atoms with Crippen molar-refractivity contribution in [1.82, 2.24) is 14.8 Å². The van der Waals surface area contributed by atoms with Crippen LogP contribution in [0.4, 0.5) is 0 Å². The zero-order chi connectivity index (χ0) is 16.8. The third kappa shape index (κ3) is 4.89. The fraction of sp³-hybridized carbons (Fsp3) is 0.476. The topological polar surface area (TPSA) is 19.4 Å². The van der Waals surface area contributed by atoms with Gasteiger partial charge in [-0.05, 0) is 57.5 Å². The SMILES string of the molecule is Cc1cccc(CN(C)[C@@H]2CCCN(CCc3ccccc3)C2)n1. The Balaban J connectivity index is 1.51. The number of nitrogens with zero attached hydrogens (tertiary/aromatic N) is 3. The molecule has 128 valence electrons. The van der Waals surface area contributed by atoms with Crippen LogP contribution in [0.25, 0.3) is 0 Å². The van der Waals surface area contributed by atoms with Crippen molar-refractivity contribution in [2.75, 3.05) is 26.7 Å². The van der Waals surface area contributed by atoms with Crippen molar-refractivity contribution in [1.29, 1.82) is 0 Å². The van der Waals surface area contributed by atoms with Gasteiger partial charge < -0.3 is 4.90 Å². The summed E-state index contributed by atoms with van der Waals surface area (Å²) < 4.78 is 0. The van der Waals surface area contributed by atoms with Gasteiger partial charge in [0.15, 0.2) is 0 Å². The number of likely N-dealkylation sites (N-methyl/N-ethyl adjacent to an activating group) is 1. The second-order valence-corrected chi connectivity index (χ2v) is 7.02. The lowest BCUT2D eigenvalue weighted by molar-refractivity contribution is 0.112. The molecule has 1 saturated heterocycles. The van der Waals surface area contributed by atoms with Crippen molar-refractivity contribution < 1.29 is 0 Å². The summed E-state index contributed by atoms with van der Waals surface area (Å²) in [6.07, 6.45) is 3.74. The van der Waals surface area contributed by atoms with Crippen molar-refractivity contribution in [3.05, 3.63) is 65.5 Å². The first kappa shape index (κ1) is 17.1. The second kappa shape index (κ2) is 8.41. The van der Waals surface area contributed by atoms with Crippen LogP contribution in [-0.4, -0.2) is 47.5 Å². The van der Waals surface area contributed by atoms with Gasteiger partial charge in [0.25, 0.3) is 0 Å². The van der Waals surface area contributed by atoms with Gasteiger partial charge in [-0.15, -0.1) is 0 Å². The lowest BCUT2D eigenvalue weighted by atomic mass is 10.0. The Bertz CT molecular complexity index is 626. The summed E-state index contributed by atoms with van der Waals surface area (Å²) in [5, 5.41) is 0. The predicted octanol–water partition coefficient (Wildman–Crippen LogP) is 3.53. The summed E-state index contributed by atoms with van der Waals surface area (Å²) >= 11 is 0. The predicted molar refractivity (Wildman–Crippen MR) is 100 cm³/mol. The molecule has 3 nitrogen and oxygen atoms in total. The van der Waals surface area contributed by atoms with Crippen LogP contribution in [0.1, 0.15) is 29.8 Å². The number of hydrogen-bond donors (Lipinski definition) is 0. The molecule has 0 saturated carbocycles. The summed E-state index contributed by atoms with van der Waals surface area (Å²) in [4.78, 5) is 9.76. The molecule has 0 amide bonds. The Morgan fingerprint density at radius 3 is 2.75 bits per heavy atom. The third-order valence-corrected chi connectivity index (χ3v) is 5.02. The molecule has 1 aliphatic rings. The van der Waals surface area contributed by atoms with Crippen molar-refractivity contribution >= 4 is 0 Å². The van der Waals surface area contributed by atoms with Crippen LogP contribution in [0, 0.1) is 6.92 Å². The highest BCUT2D eigenvalue weighted by Gasteiger charge is 2.23. The number of rotatable bonds is 6. The number of likely N-dealkylation sites (tertiary alicyclic amines) is 1. The van der Waals surface area contributed by atoms with Crippen molar-refractivity contribution in [3.63, 3.8) is 0 Å². The molecule has 1 aromatic heterocycles. The number of aryl methyl sites for hydroxylation is 1. The van der Waals surface area contributed by atoms with Gasteiger partial charge in [0.05, 0.1) is 5.69 Å². The molecule has 0 unspecified atom stereocenters. The van der Waals surface area contributed by atoms with E-state index in [0.29, 0.717) is 6.04 Å². The van der Waals surface area contributed by atoms with E-state index in [1.807, 2.05) is 0 Å². The van der Waals surface area contributed by atoms with E-state index in [2.05, 4.69) is 77.3 Å². The average Bonchev–Trinajstić information content (AvgIpc) is 2.61. The summed E-state index contributed by atoms with van der Waals surface area (Å²) in [7, 11) is 2.25. The Hall–Kier alpha value is -1.71. The fourth-order valence-corrected chi connectivity index (χ4v) is 3.60. The highest BCUT2D eigenvalue weighted by Crippen LogP contribution is 2.17. The molecule has 0 aliphatic carbocycles. The molecular formula is C21H29N3. The van der Waals surface area contributed by atoms with E-state index in [4.69, 9.17) is 0 Å². The summed E-state index contributed by atoms with van der Waals surface area (Å²) in [6.45, 7) is 6.58. The summed E-state index contributed by atoms with van der Waals surface area (Å²) in [5.74, 6) is 0. The second-order valence-electron chi connectivity index (χ2n) is 7.02. The molecule has 24 heavy (non-hydrogen) atoms. The Morgan fingerprint density at radius 1 is 1.12 bits per heavy atom. The molecular weight excluding hydrogens is 294 g/mol. The molecule has 2 aromatic rings. The monoisotopic (exact) mass is 323 g/mol. The van der Waals surface area contributed by atoms with Gasteiger partial charge >= 0.3 is 0 Å². The zero-order valence-electron chi connectivity index (χ0n) is 15.0. The van der Waals surface area contributed by atoms with Crippen LogP contribution in [0.3, 0.4) is 0 Å². The molecule has 1 aromatic carbocycles. The van der Waals surface area contributed by atoms with E-state index in [1.54, 1.807) is 0 Å². The van der Waals surface area contributed by atoms with Gasteiger partial charge in [-0.25, -0.2) is 0 Å². The number of benzene rings is 1. The lowest BCUT2D eigenvalue weighted by Gasteiger charge is -2.37. The fourth-order valence-electron chi connectivity index (χ4n) is 3.60. The highest BCUT2D eigenvalue weighted by molar-refractivity contribution is 5.15. The van der Waals surface area contributed by atoms with Crippen LogP contribution in [0.2, 0.25) is 0 Å². The summed E-state index contributed by atoms with van der Waals surface area (Å²) in [6, 6.07) is 17.8. The summed E-state index contributed by atoms with van der Waals surface area (Å²) in [5.41, 5.74) is 3.73. The van der Waals surface area contributed by atoms with Crippen LogP contribution in [0.5, 0.6) is 0 Å². The lowest BCUT2D eigenvalue weighted by Crippen LogP contribution is -2.46. The van der Waals surface area contributed by atoms with Crippen LogP contribution >= 0.6 is 0 Å². The third-order valence-electron chi connectivity index (χ3n) is 5.02. The largest absolute Gasteiger partial charge is 0.301 e. The normalized spacial score (nSPS) is 18.9. The molecule has 0 radical (unpaired) electrons. The number of aromatic nitrogens is 1. The van der Waals surface area contributed by atoms with Gasteiger partial charge in [-0.3, -0.25) is 9.88 Å². The van der Waals surface area contributed by atoms with E-state index in [-0.39, 0.29) is 0 Å². The maximum Gasteiger partial charge on any atom is 0.0547 e. The van der Waals surface area contributed by atoms with E-state index >= 15 is 0 Å². The van der Waals surface area contributed by atoms with Crippen molar-refractivity contribution in [2.24, 2.45) is 0 Å². The van der Waals surface area contributed by atoms with E-state index < -0.39 is 0 Å². The number of pyridine rings is 1. The Kier molecular flexibility index (Phi) is 6.00. The number of hydrogen-bond acceptors (Lipinski definition) is 3. The molecule has 1 aliphatic heterocycles. The maximum atomic E-state index is 4.65. The van der Waals surface area contributed by atoms with Gasteiger partial charge in [0.2, 0.25) is 0 Å². The molecule has 1 fully saturated rings. The van der Waals surface area contributed by atoms with Gasteiger partial charge in [0.1, 0.15) is 0 Å². The van der Waals surface area contributed by atoms with Crippen LogP contribution in [-0.2, 0) is 13.0 Å². The quantitative estimate of drug-likeness (QED) is 0.811. The van der Waals surface area contributed by atoms with Crippen LogP contribution < -0.4 is 0 Å². The first-order valence-electron chi connectivity index (χ1n) is 9.10. The van der Waals surface area contributed by atoms with Gasteiger partial charge in [-0.2, -0.15) is 0 Å². The van der Waals surface area contributed by atoms with Crippen molar-refractivity contribution in [2.45, 2.75) is 38.8 Å². The molecule has 0 spiro atoms. The molecule has 3 rings (SSSR count). The molecule has 1 atom stereocenters. The average molecular weight is 323 g/mol. The first-order chi connectivity index (χ1) is 11.7. The minimum absolute atomic E-state index is 0.636. The first-order valence-corrected chi connectivity index (χ1v) is 9.10. The zero-order valence-corrected chi connectivity index (χ0v) is 15.0. The highest BCUT2D eigenvalue weighted by atomic mass is 15.2. The molecule has 0 bridgehead atoms. The minimum atomic E-state index is 0.636. The molecule has 0 N–H and O–H groups in total. The number of piperidine rings is 1. The standard InChI is InChI=1S/C21H29N3/c1-18-8-6-11-20(22-18)16-23(2)21-12-7-14-24(17-21)15-13-19-9-4-3-5-10-19/h3-6,8-11,21H,7,12-17H2,1-2H3/t21-/m1/s1. The van der Waals surface area contributed by atoms with E-state index in [9.17, 15) is 0 Å². The molecule has 2 heterocycles. The maximum absolute atomic E-state index is 4.65. The Labute approximate surface area is 146 Å². The Morgan fingerprint density at radius 2 is 1.96 bits per heavy atom. The molecule has 3 heteroatoms. The van der Waals surface area contributed by atoms with E-state index in [1.165, 1.54) is 37.2 Å².